The molecule has 2 heterocycles. The summed E-state index contributed by atoms with van der Waals surface area (Å²) in [5, 5.41) is 6.00. The van der Waals surface area contributed by atoms with Gasteiger partial charge in [0, 0.05) is 24.1 Å². The van der Waals surface area contributed by atoms with E-state index in [9.17, 15) is 0 Å². The monoisotopic (exact) mass is 292 g/mol. The molecule has 1 aliphatic rings. The molecule has 1 saturated heterocycles. The van der Waals surface area contributed by atoms with Crippen LogP contribution in [0.25, 0.3) is 10.9 Å². The van der Waals surface area contributed by atoms with Gasteiger partial charge in [-0.25, -0.2) is 0 Å². The Hall–Kier alpha value is -1.04. The van der Waals surface area contributed by atoms with Crippen LogP contribution in [0.5, 0.6) is 0 Å². The third-order valence-corrected chi connectivity index (χ3v) is 4.67. The maximum Gasteiger partial charge on any atom is 0.496 e. The Bertz CT molecular complexity index is 665. The maximum atomic E-state index is 6.49. The standard InChI is InChI=1S/C14H18BClN2O2/c1-13(2)14(3,4)20-15(19-13)10-7-6-9-8-18(5)17-12(9)11(10)16/h6-8H,1-5H3. The molecular weight excluding hydrogens is 274 g/mol. The minimum Gasteiger partial charge on any atom is -0.399 e. The molecule has 0 saturated carbocycles. The van der Waals surface area contributed by atoms with E-state index in [0.717, 1.165) is 16.4 Å². The van der Waals surface area contributed by atoms with Crippen LogP contribution in [0.15, 0.2) is 18.3 Å². The first-order valence-electron chi connectivity index (χ1n) is 6.69. The molecule has 3 rings (SSSR count). The highest BCUT2D eigenvalue weighted by molar-refractivity contribution is 6.66. The normalized spacial score (nSPS) is 20.8. The summed E-state index contributed by atoms with van der Waals surface area (Å²) in [5.41, 5.74) is 0.859. The van der Waals surface area contributed by atoms with Gasteiger partial charge in [-0.05, 0) is 27.7 Å². The Morgan fingerprint density at radius 3 is 2.35 bits per heavy atom. The van der Waals surface area contributed by atoms with E-state index in [1.54, 1.807) is 4.68 Å². The second-order valence-electron chi connectivity index (χ2n) is 6.30. The van der Waals surface area contributed by atoms with Crippen LogP contribution in [-0.2, 0) is 16.4 Å². The van der Waals surface area contributed by atoms with Crippen LogP contribution in [0.3, 0.4) is 0 Å². The van der Waals surface area contributed by atoms with Crippen LogP contribution < -0.4 is 5.46 Å². The quantitative estimate of drug-likeness (QED) is 0.758. The van der Waals surface area contributed by atoms with Gasteiger partial charge < -0.3 is 9.31 Å². The van der Waals surface area contributed by atoms with E-state index in [1.807, 2.05) is 53.1 Å². The molecule has 20 heavy (non-hydrogen) atoms. The first-order chi connectivity index (χ1) is 9.21. The van der Waals surface area contributed by atoms with Gasteiger partial charge in [-0.2, -0.15) is 5.10 Å². The molecule has 0 amide bonds. The van der Waals surface area contributed by atoms with Gasteiger partial charge in [-0.1, -0.05) is 23.7 Å². The van der Waals surface area contributed by atoms with Crippen molar-refractivity contribution in [3.63, 3.8) is 0 Å². The molecule has 2 aromatic rings. The molecule has 0 N–H and O–H groups in total. The molecule has 4 nitrogen and oxygen atoms in total. The zero-order valence-corrected chi connectivity index (χ0v) is 13.2. The Balaban J connectivity index is 2.06. The molecule has 0 radical (unpaired) electrons. The SMILES string of the molecule is Cn1cc2ccc(B3OC(C)(C)C(C)(C)O3)c(Cl)c2n1. The van der Waals surface area contributed by atoms with Crippen LogP contribution in [0, 0.1) is 0 Å². The minimum atomic E-state index is -0.459. The lowest BCUT2D eigenvalue weighted by Crippen LogP contribution is -2.41. The molecule has 1 aromatic carbocycles. The Kier molecular flexibility index (Phi) is 2.94. The molecule has 1 aromatic heterocycles. The number of fused-ring (bicyclic) bond motifs is 1. The average Bonchev–Trinajstić information content (AvgIpc) is 2.78. The summed E-state index contributed by atoms with van der Waals surface area (Å²) >= 11 is 6.49. The number of hydrogen-bond acceptors (Lipinski definition) is 3. The summed E-state index contributed by atoms with van der Waals surface area (Å²) in [5.74, 6) is 0. The zero-order chi connectivity index (χ0) is 14.7. The van der Waals surface area contributed by atoms with Crippen molar-refractivity contribution in [2.45, 2.75) is 38.9 Å². The number of benzene rings is 1. The van der Waals surface area contributed by atoms with Crippen LogP contribution in [0.1, 0.15) is 27.7 Å². The van der Waals surface area contributed by atoms with E-state index in [0.29, 0.717) is 5.02 Å². The highest BCUT2D eigenvalue weighted by atomic mass is 35.5. The lowest BCUT2D eigenvalue weighted by atomic mass is 9.78. The first-order valence-corrected chi connectivity index (χ1v) is 7.06. The van der Waals surface area contributed by atoms with E-state index >= 15 is 0 Å². The summed E-state index contributed by atoms with van der Waals surface area (Å²) in [6, 6.07) is 3.95. The topological polar surface area (TPSA) is 36.3 Å². The van der Waals surface area contributed by atoms with Gasteiger partial charge in [-0.3, -0.25) is 4.68 Å². The fraction of sp³-hybridized carbons (Fsp3) is 0.500. The lowest BCUT2D eigenvalue weighted by Gasteiger charge is -2.32. The van der Waals surface area contributed by atoms with Crippen molar-refractivity contribution in [2.75, 3.05) is 0 Å². The molecule has 106 valence electrons. The number of aryl methyl sites for hydroxylation is 1. The summed E-state index contributed by atoms with van der Waals surface area (Å²) < 4.78 is 13.8. The van der Waals surface area contributed by atoms with E-state index in [4.69, 9.17) is 20.9 Å². The molecular formula is C14H18BClN2O2. The largest absolute Gasteiger partial charge is 0.496 e. The number of nitrogens with zero attached hydrogens (tertiary/aromatic N) is 2. The third kappa shape index (κ3) is 1.96. The summed E-state index contributed by atoms with van der Waals surface area (Å²) in [7, 11) is 1.42. The van der Waals surface area contributed by atoms with Gasteiger partial charge in [0.1, 0.15) is 5.52 Å². The van der Waals surface area contributed by atoms with Gasteiger partial charge in [0.25, 0.3) is 0 Å². The fourth-order valence-electron chi connectivity index (χ4n) is 2.34. The number of aromatic nitrogens is 2. The van der Waals surface area contributed by atoms with E-state index in [1.165, 1.54) is 0 Å². The van der Waals surface area contributed by atoms with E-state index in [-0.39, 0.29) is 11.2 Å². The summed E-state index contributed by atoms with van der Waals surface area (Å²) in [4.78, 5) is 0. The van der Waals surface area contributed by atoms with E-state index < -0.39 is 7.12 Å². The van der Waals surface area contributed by atoms with E-state index in [2.05, 4.69) is 5.10 Å². The van der Waals surface area contributed by atoms with Crippen molar-refractivity contribution in [1.82, 2.24) is 9.78 Å². The summed E-state index contributed by atoms with van der Waals surface area (Å²) in [6.45, 7) is 8.11. The predicted molar refractivity (Wildman–Crippen MR) is 81.4 cm³/mol. The maximum absolute atomic E-state index is 6.49. The second-order valence-corrected chi connectivity index (χ2v) is 6.68. The lowest BCUT2D eigenvalue weighted by molar-refractivity contribution is 0.00578. The molecule has 1 fully saturated rings. The van der Waals surface area contributed by atoms with Crippen LogP contribution >= 0.6 is 11.6 Å². The highest BCUT2D eigenvalue weighted by Crippen LogP contribution is 2.37. The van der Waals surface area contributed by atoms with Gasteiger partial charge in [0.2, 0.25) is 0 Å². The molecule has 0 aliphatic carbocycles. The molecule has 0 bridgehead atoms. The smallest absolute Gasteiger partial charge is 0.399 e. The average molecular weight is 293 g/mol. The Morgan fingerprint density at radius 1 is 1.15 bits per heavy atom. The van der Waals surface area contributed by atoms with Crippen LogP contribution in [-0.4, -0.2) is 28.1 Å². The zero-order valence-electron chi connectivity index (χ0n) is 12.4. The highest BCUT2D eigenvalue weighted by Gasteiger charge is 2.52. The van der Waals surface area contributed by atoms with Crippen molar-refractivity contribution in [2.24, 2.45) is 7.05 Å². The van der Waals surface area contributed by atoms with Crippen LogP contribution in [0.2, 0.25) is 5.02 Å². The predicted octanol–water partition coefficient (Wildman–Crippen LogP) is 2.53. The van der Waals surface area contributed by atoms with Crippen molar-refractivity contribution in [1.29, 1.82) is 0 Å². The third-order valence-electron chi connectivity index (χ3n) is 4.27. The van der Waals surface area contributed by atoms with Crippen molar-refractivity contribution < 1.29 is 9.31 Å². The molecule has 0 unspecified atom stereocenters. The van der Waals surface area contributed by atoms with Crippen LogP contribution in [0.4, 0.5) is 0 Å². The molecule has 0 spiro atoms. The van der Waals surface area contributed by atoms with Crippen molar-refractivity contribution in [3.05, 3.63) is 23.4 Å². The molecule has 1 aliphatic heterocycles. The van der Waals surface area contributed by atoms with Crippen molar-refractivity contribution >= 4 is 35.1 Å². The number of rotatable bonds is 1. The number of halogens is 1. The Labute approximate surface area is 124 Å². The number of hydrogen-bond donors (Lipinski definition) is 0. The molecule has 0 atom stereocenters. The van der Waals surface area contributed by atoms with Gasteiger partial charge in [-0.15, -0.1) is 0 Å². The second kappa shape index (κ2) is 4.23. The van der Waals surface area contributed by atoms with Gasteiger partial charge >= 0.3 is 7.12 Å². The van der Waals surface area contributed by atoms with Crippen molar-refractivity contribution in [3.8, 4) is 0 Å². The molecule has 6 heteroatoms. The minimum absolute atomic E-state index is 0.375. The van der Waals surface area contributed by atoms with Gasteiger partial charge in [0.15, 0.2) is 0 Å². The first kappa shape index (κ1) is 13.9. The Morgan fingerprint density at radius 2 is 1.75 bits per heavy atom. The van der Waals surface area contributed by atoms with Gasteiger partial charge in [0.05, 0.1) is 16.2 Å². The fourth-order valence-corrected chi connectivity index (χ4v) is 2.64. The summed E-state index contributed by atoms with van der Waals surface area (Å²) in [6.07, 6.45) is 1.94.